The second-order valence-electron chi connectivity index (χ2n) is 2.21. The molecule has 52 valence electrons. The maximum Gasteiger partial charge on any atom is 0.0844 e. The fraction of sp³-hybridized carbons (Fsp3) is 0.143. The van der Waals surface area contributed by atoms with Gasteiger partial charge in [0.2, 0.25) is 0 Å². The van der Waals surface area contributed by atoms with Gasteiger partial charge in [0, 0.05) is 4.90 Å². The van der Waals surface area contributed by atoms with E-state index >= 15 is 0 Å². The minimum atomic E-state index is 0.874. The molecule has 0 saturated heterocycles. The third kappa shape index (κ3) is 0.786. The quantitative estimate of drug-likeness (QED) is 0.570. The summed E-state index contributed by atoms with van der Waals surface area (Å²) < 4.78 is 0. The van der Waals surface area contributed by atoms with Crippen molar-refractivity contribution in [3.05, 3.63) is 24.3 Å². The van der Waals surface area contributed by atoms with Crippen molar-refractivity contribution in [1.82, 2.24) is 0 Å². The highest BCUT2D eigenvalue weighted by molar-refractivity contribution is 7.99. The fourth-order valence-electron chi connectivity index (χ4n) is 1.03. The molecule has 1 aromatic carbocycles. The molecule has 0 unspecified atom stereocenters. The Hall–Kier alpha value is -0.670. The molecule has 10 heavy (non-hydrogen) atoms. The van der Waals surface area contributed by atoms with E-state index in [9.17, 15) is 0 Å². The van der Waals surface area contributed by atoms with Crippen LogP contribution in [0.2, 0.25) is 0 Å². The molecule has 0 aliphatic carbocycles. The minimum absolute atomic E-state index is 0.874. The summed E-state index contributed by atoms with van der Waals surface area (Å²) >= 11 is 1.78. The van der Waals surface area contributed by atoms with Crippen LogP contribution in [0, 0.1) is 0 Å². The van der Waals surface area contributed by atoms with Gasteiger partial charge in [-0.15, -0.1) is 11.8 Å². The van der Waals surface area contributed by atoms with Gasteiger partial charge in [-0.2, -0.15) is 0 Å². The molecular formula is C7H8N2S. The first-order valence-electron chi connectivity index (χ1n) is 3.12. The van der Waals surface area contributed by atoms with Crippen molar-refractivity contribution in [2.75, 3.05) is 10.9 Å². The van der Waals surface area contributed by atoms with E-state index in [1.165, 1.54) is 4.90 Å². The van der Waals surface area contributed by atoms with Crippen LogP contribution in [-0.2, 0) is 0 Å². The molecule has 1 aromatic rings. The Balaban J connectivity index is 2.51. The van der Waals surface area contributed by atoms with Gasteiger partial charge in [0.1, 0.15) is 0 Å². The van der Waals surface area contributed by atoms with E-state index in [1.54, 1.807) is 16.8 Å². The number of para-hydroxylation sites is 1. The molecule has 2 nitrogen and oxygen atoms in total. The number of nitrogens with two attached hydrogens (primary N) is 1. The molecule has 0 aromatic heterocycles. The van der Waals surface area contributed by atoms with Gasteiger partial charge in [0.25, 0.3) is 0 Å². The molecule has 0 radical (unpaired) electrons. The van der Waals surface area contributed by atoms with E-state index in [0.717, 1.165) is 11.6 Å². The van der Waals surface area contributed by atoms with Crippen LogP contribution in [0.3, 0.4) is 0 Å². The summed E-state index contributed by atoms with van der Waals surface area (Å²) in [6.45, 7) is 0. The molecular weight excluding hydrogens is 144 g/mol. The average Bonchev–Trinajstić information content (AvgIpc) is 2.34. The maximum atomic E-state index is 5.66. The highest BCUT2D eigenvalue weighted by Gasteiger charge is 2.14. The van der Waals surface area contributed by atoms with Crippen LogP contribution in [0.4, 0.5) is 5.69 Å². The Bertz CT molecular complexity index is 249. The third-order valence-electron chi connectivity index (χ3n) is 1.53. The number of anilines is 1. The Labute approximate surface area is 64.0 Å². The van der Waals surface area contributed by atoms with Gasteiger partial charge in [-0.1, -0.05) is 12.1 Å². The summed E-state index contributed by atoms with van der Waals surface area (Å²) in [6.07, 6.45) is 0. The zero-order valence-corrected chi connectivity index (χ0v) is 6.27. The Kier molecular flexibility index (Phi) is 1.32. The van der Waals surface area contributed by atoms with Crippen molar-refractivity contribution in [1.29, 1.82) is 0 Å². The van der Waals surface area contributed by atoms with E-state index in [-0.39, 0.29) is 0 Å². The van der Waals surface area contributed by atoms with Gasteiger partial charge >= 0.3 is 0 Å². The summed E-state index contributed by atoms with van der Waals surface area (Å²) in [5.74, 6) is 6.53. The van der Waals surface area contributed by atoms with Gasteiger partial charge < -0.3 is 0 Å². The number of hydrazine groups is 1. The minimum Gasteiger partial charge on any atom is -0.300 e. The lowest BCUT2D eigenvalue weighted by Gasteiger charge is -2.08. The molecule has 1 aliphatic heterocycles. The standard InChI is InChI=1S/C7H8N2S/c8-9-5-10-7-4-2-1-3-6(7)9/h1-4H,5,8H2. The fourth-order valence-corrected chi connectivity index (χ4v) is 1.95. The van der Waals surface area contributed by atoms with Gasteiger partial charge in [0.15, 0.2) is 0 Å². The summed E-state index contributed by atoms with van der Waals surface area (Å²) in [4.78, 5) is 1.28. The normalized spacial score (nSPS) is 15.5. The van der Waals surface area contributed by atoms with Gasteiger partial charge in [-0.3, -0.25) is 5.01 Å². The van der Waals surface area contributed by atoms with E-state index in [1.807, 2.05) is 18.2 Å². The van der Waals surface area contributed by atoms with Crippen molar-refractivity contribution in [2.45, 2.75) is 4.90 Å². The highest BCUT2D eigenvalue weighted by Crippen LogP contribution is 2.35. The number of hydrogen-bond acceptors (Lipinski definition) is 3. The van der Waals surface area contributed by atoms with Crippen LogP contribution in [0.15, 0.2) is 29.2 Å². The van der Waals surface area contributed by atoms with Gasteiger partial charge in [-0.25, -0.2) is 5.84 Å². The van der Waals surface area contributed by atoms with Gasteiger partial charge in [0.05, 0.1) is 11.6 Å². The lowest BCUT2D eigenvalue weighted by Crippen LogP contribution is -2.26. The smallest absolute Gasteiger partial charge is 0.0844 e. The maximum absolute atomic E-state index is 5.66. The summed E-state index contributed by atoms with van der Waals surface area (Å²) in [6, 6.07) is 8.16. The monoisotopic (exact) mass is 152 g/mol. The molecule has 1 aliphatic rings. The molecule has 0 amide bonds. The molecule has 0 fully saturated rings. The first-order chi connectivity index (χ1) is 4.88. The second-order valence-corrected chi connectivity index (χ2v) is 3.20. The van der Waals surface area contributed by atoms with Crippen molar-refractivity contribution in [2.24, 2.45) is 5.84 Å². The molecule has 3 heteroatoms. The Morgan fingerprint density at radius 1 is 1.40 bits per heavy atom. The van der Waals surface area contributed by atoms with Crippen LogP contribution in [0.25, 0.3) is 0 Å². The first kappa shape index (κ1) is 6.07. The molecule has 0 spiro atoms. The van der Waals surface area contributed by atoms with Crippen LogP contribution in [0.5, 0.6) is 0 Å². The predicted octanol–water partition coefficient (Wildman–Crippen LogP) is 1.43. The number of benzene rings is 1. The third-order valence-corrected chi connectivity index (χ3v) is 2.60. The molecule has 0 saturated carbocycles. The van der Waals surface area contributed by atoms with E-state index < -0.39 is 0 Å². The van der Waals surface area contributed by atoms with E-state index in [0.29, 0.717) is 0 Å². The van der Waals surface area contributed by atoms with Crippen LogP contribution >= 0.6 is 11.8 Å². The van der Waals surface area contributed by atoms with E-state index in [4.69, 9.17) is 5.84 Å². The number of nitrogens with zero attached hydrogens (tertiary/aromatic N) is 1. The number of thioether (sulfide) groups is 1. The number of rotatable bonds is 0. The lowest BCUT2D eigenvalue weighted by molar-refractivity contribution is 0.996. The SMILES string of the molecule is NN1CSc2ccccc21. The zero-order chi connectivity index (χ0) is 6.97. The lowest BCUT2D eigenvalue weighted by atomic mass is 10.3. The molecule has 1 heterocycles. The number of fused-ring (bicyclic) bond motifs is 1. The van der Waals surface area contributed by atoms with Crippen LogP contribution in [0.1, 0.15) is 0 Å². The molecule has 0 bridgehead atoms. The topological polar surface area (TPSA) is 29.3 Å². The highest BCUT2D eigenvalue weighted by atomic mass is 32.2. The van der Waals surface area contributed by atoms with Crippen molar-refractivity contribution in [3.63, 3.8) is 0 Å². The molecule has 0 atom stereocenters. The molecule has 2 N–H and O–H groups in total. The first-order valence-corrected chi connectivity index (χ1v) is 4.10. The summed E-state index contributed by atoms with van der Waals surface area (Å²) in [7, 11) is 0. The van der Waals surface area contributed by atoms with E-state index in [2.05, 4.69) is 6.07 Å². The second kappa shape index (κ2) is 2.18. The summed E-state index contributed by atoms with van der Waals surface area (Å²) in [5.41, 5.74) is 1.15. The number of hydrogen-bond donors (Lipinski definition) is 1. The predicted molar refractivity (Wildman–Crippen MR) is 43.8 cm³/mol. The van der Waals surface area contributed by atoms with Crippen molar-refractivity contribution >= 4 is 17.4 Å². The average molecular weight is 152 g/mol. The van der Waals surface area contributed by atoms with Crippen molar-refractivity contribution < 1.29 is 0 Å². The van der Waals surface area contributed by atoms with Crippen molar-refractivity contribution in [3.8, 4) is 0 Å². The van der Waals surface area contributed by atoms with Crippen LogP contribution < -0.4 is 10.9 Å². The molecule has 2 rings (SSSR count). The Morgan fingerprint density at radius 2 is 2.20 bits per heavy atom. The Morgan fingerprint density at radius 3 is 3.00 bits per heavy atom. The zero-order valence-electron chi connectivity index (χ0n) is 5.45. The van der Waals surface area contributed by atoms with Crippen LogP contribution in [-0.4, -0.2) is 5.88 Å². The largest absolute Gasteiger partial charge is 0.300 e. The van der Waals surface area contributed by atoms with Gasteiger partial charge in [-0.05, 0) is 12.1 Å². The summed E-state index contributed by atoms with van der Waals surface area (Å²) in [5, 5.41) is 1.76.